The lowest BCUT2D eigenvalue weighted by atomic mass is 10.2. The van der Waals surface area contributed by atoms with Crippen molar-refractivity contribution in [1.82, 2.24) is 0 Å². The van der Waals surface area contributed by atoms with Crippen LogP contribution in [0.25, 0.3) is 0 Å². The zero-order chi connectivity index (χ0) is 22.4. The van der Waals surface area contributed by atoms with Crippen LogP contribution in [0.5, 0.6) is 0 Å². The van der Waals surface area contributed by atoms with E-state index in [0.29, 0.717) is 11.3 Å². The van der Waals surface area contributed by atoms with Gasteiger partial charge in [-0.1, -0.05) is 12.1 Å². The molecule has 158 valence electrons. The van der Waals surface area contributed by atoms with Crippen LogP contribution in [0.15, 0.2) is 77.7 Å². The molecule has 3 rings (SSSR count). The molecule has 0 heterocycles. The van der Waals surface area contributed by atoms with Gasteiger partial charge in [0.05, 0.1) is 10.2 Å². The monoisotopic (exact) mass is 435 g/mol. The third-order valence-electron chi connectivity index (χ3n) is 4.42. The van der Waals surface area contributed by atoms with Crippen molar-refractivity contribution in [3.8, 4) is 0 Å². The molecule has 2 N–H and O–H groups in total. The molecular formula is C23H21N3O4S. The van der Waals surface area contributed by atoms with E-state index in [4.69, 9.17) is 0 Å². The standard InChI is InChI=1S/C23H21N3O4S/c1-15-4-3-5-19(14-15)25-22(27)16(2)31-21-12-8-18(9-13-21)24-23(28)17-6-10-20(11-7-17)26(29)30/h3-14,16H,1-2H3,(H,24,28)(H,25,27). The van der Waals surface area contributed by atoms with Crippen molar-refractivity contribution in [3.63, 3.8) is 0 Å². The molecule has 1 unspecified atom stereocenters. The van der Waals surface area contributed by atoms with E-state index < -0.39 is 4.92 Å². The summed E-state index contributed by atoms with van der Waals surface area (Å²) in [6.45, 7) is 3.80. The number of aryl methyl sites for hydroxylation is 1. The maximum absolute atomic E-state index is 12.4. The van der Waals surface area contributed by atoms with E-state index in [-0.39, 0.29) is 22.8 Å². The predicted octanol–water partition coefficient (Wildman–Crippen LogP) is 5.27. The second-order valence-electron chi connectivity index (χ2n) is 6.90. The van der Waals surface area contributed by atoms with Crippen molar-refractivity contribution in [2.24, 2.45) is 0 Å². The molecule has 1 atom stereocenters. The first kappa shape index (κ1) is 22.0. The number of carbonyl (C=O) groups is 2. The van der Waals surface area contributed by atoms with Crippen molar-refractivity contribution in [1.29, 1.82) is 0 Å². The van der Waals surface area contributed by atoms with E-state index in [1.54, 1.807) is 12.1 Å². The van der Waals surface area contributed by atoms with Crippen LogP contribution in [-0.4, -0.2) is 22.0 Å². The Morgan fingerprint density at radius 2 is 1.61 bits per heavy atom. The summed E-state index contributed by atoms with van der Waals surface area (Å²) in [6.07, 6.45) is 0. The largest absolute Gasteiger partial charge is 0.325 e. The summed E-state index contributed by atoms with van der Waals surface area (Å²) in [4.78, 5) is 35.8. The summed E-state index contributed by atoms with van der Waals surface area (Å²) >= 11 is 1.41. The number of benzene rings is 3. The van der Waals surface area contributed by atoms with Crippen LogP contribution in [-0.2, 0) is 4.79 Å². The Morgan fingerprint density at radius 1 is 0.935 bits per heavy atom. The molecule has 0 fully saturated rings. The summed E-state index contributed by atoms with van der Waals surface area (Å²) in [7, 11) is 0. The highest BCUT2D eigenvalue weighted by Gasteiger charge is 2.15. The van der Waals surface area contributed by atoms with Gasteiger partial charge in [0.25, 0.3) is 11.6 Å². The Hall–Kier alpha value is -3.65. The second kappa shape index (κ2) is 9.90. The molecule has 0 aliphatic rings. The number of non-ortho nitro benzene ring substituents is 1. The fraction of sp³-hybridized carbons (Fsp3) is 0.130. The maximum Gasteiger partial charge on any atom is 0.269 e. The predicted molar refractivity (Wildman–Crippen MR) is 123 cm³/mol. The molecule has 0 aromatic heterocycles. The minimum atomic E-state index is -0.514. The van der Waals surface area contributed by atoms with E-state index in [2.05, 4.69) is 10.6 Å². The molecule has 31 heavy (non-hydrogen) atoms. The summed E-state index contributed by atoms with van der Waals surface area (Å²) in [6, 6.07) is 20.2. The summed E-state index contributed by atoms with van der Waals surface area (Å²) in [5, 5.41) is 16.1. The minimum absolute atomic E-state index is 0.0708. The van der Waals surface area contributed by atoms with Crippen molar-refractivity contribution < 1.29 is 14.5 Å². The molecule has 8 heteroatoms. The Kier molecular flexibility index (Phi) is 7.04. The van der Waals surface area contributed by atoms with Gasteiger partial charge in [0, 0.05) is 34.0 Å². The van der Waals surface area contributed by atoms with E-state index in [1.807, 2.05) is 50.2 Å². The number of hydrogen-bond acceptors (Lipinski definition) is 5. The lowest BCUT2D eigenvalue weighted by Crippen LogP contribution is -2.22. The number of nitrogens with one attached hydrogen (secondary N) is 2. The molecule has 0 radical (unpaired) electrons. The number of carbonyl (C=O) groups excluding carboxylic acids is 2. The van der Waals surface area contributed by atoms with Gasteiger partial charge in [0.2, 0.25) is 5.91 Å². The highest BCUT2D eigenvalue weighted by atomic mass is 32.2. The van der Waals surface area contributed by atoms with Crippen molar-refractivity contribution in [2.45, 2.75) is 24.0 Å². The van der Waals surface area contributed by atoms with E-state index in [1.165, 1.54) is 36.0 Å². The molecule has 0 bridgehead atoms. The smallest absolute Gasteiger partial charge is 0.269 e. The molecule has 0 spiro atoms. The van der Waals surface area contributed by atoms with Gasteiger partial charge in [0.15, 0.2) is 0 Å². The quantitative estimate of drug-likeness (QED) is 0.299. The highest BCUT2D eigenvalue weighted by molar-refractivity contribution is 8.00. The number of nitro groups is 1. The molecular weight excluding hydrogens is 414 g/mol. The van der Waals surface area contributed by atoms with Crippen LogP contribution in [0.3, 0.4) is 0 Å². The zero-order valence-corrected chi connectivity index (χ0v) is 17.8. The number of anilines is 2. The topological polar surface area (TPSA) is 101 Å². The van der Waals surface area contributed by atoms with Gasteiger partial charge in [-0.15, -0.1) is 11.8 Å². The van der Waals surface area contributed by atoms with Crippen LogP contribution in [0.4, 0.5) is 17.1 Å². The Balaban J connectivity index is 1.56. The summed E-state index contributed by atoms with van der Waals surface area (Å²) < 4.78 is 0. The fourth-order valence-electron chi connectivity index (χ4n) is 2.78. The van der Waals surface area contributed by atoms with E-state index in [9.17, 15) is 19.7 Å². The number of rotatable bonds is 7. The summed E-state index contributed by atoms with van der Waals surface area (Å²) in [5.74, 6) is -0.452. The molecule has 7 nitrogen and oxygen atoms in total. The van der Waals surface area contributed by atoms with Gasteiger partial charge >= 0.3 is 0 Å². The van der Waals surface area contributed by atoms with Crippen molar-refractivity contribution in [2.75, 3.05) is 10.6 Å². The molecule has 0 aliphatic carbocycles. The number of amides is 2. The van der Waals surface area contributed by atoms with Crippen molar-refractivity contribution >= 4 is 40.6 Å². The minimum Gasteiger partial charge on any atom is -0.325 e. The number of nitro benzene ring substituents is 1. The lowest BCUT2D eigenvalue weighted by Gasteiger charge is -2.13. The zero-order valence-electron chi connectivity index (χ0n) is 17.0. The normalized spacial score (nSPS) is 11.4. The average molecular weight is 436 g/mol. The van der Waals surface area contributed by atoms with Crippen LogP contribution >= 0.6 is 11.8 Å². The number of hydrogen-bond donors (Lipinski definition) is 2. The van der Waals surface area contributed by atoms with Gasteiger partial charge in [0.1, 0.15) is 0 Å². The maximum atomic E-state index is 12.4. The van der Waals surface area contributed by atoms with Gasteiger partial charge in [-0.05, 0) is 67.9 Å². The first-order valence-corrected chi connectivity index (χ1v) is 10.4. The number of thioether (sulfide) groups is 1. The van der Waals surface area contributed by atoms with Gasteiger partial charge in [-0.25, -0.2) is 0 Å². The van der Waals surface area contributed by atoms with E-state index in [0.717, 1.165) is 16.1 Å². The van der Waals surface area contributed by atoms with Crippen LogP contribution < -0.4 is 10.6 Å². The van der Waals surface area contributed by atoms with E-state index >= 15 is 0 Å². The first-order chi connectivity index (χ1) is 14.8. The Morgan fingerprint density at radius 3 is 2.23 bits per heavy atom. The van der Waals surface area contributed by atoms with Gasteiger partial charge < -0.3 is 10.6 Å². The SMILES string of the molecule is Cc1cccc(NC(=O)C(C)Sc2ccc(NC(=O)c3ccc([N+](=O)[O-])cc3)cc2)c1. The van der Waals surface area contributed by atoms with Gasteiger partial charge in [-0.2, -0.15) is 0 Å². The van der Waals surface area contributed by atoms with Crippen LogP contribution in [0, 0.1) is 17.0 Å². The third kappa shape index (κ3) is 6.16. The Bertz CT molecular complexity index is 1100. The average Bonchev–Trinajstić information content (AvgIpc) is 2.75. The highest BCUT2D eigenvalue weighted by Crippen LogP contribution is 2.26. The fourth-order valence-corrected chi connectivity index (χ4v) is 3.65. The third-order valence-corrected chi connectivity index (χ3v) is 5.53. The molecule has 0 saturated heterocycles. The molecule has 2 amide bonds. The first-order valence-electron chi connectivity index (χ1n) is 9.52. The second-order valence-corrected chi connectivity index (χ2v) is 8.32. The summed E-state index contributed by atoms with van der Waals surface area (Å²) in [5.41, 5.74) is 2.68. The number of nitrogens with zero attached hydrogens (tertiary/aromatic N) is 1. The van der Waals surface area contributed by atoms with Crippen LogP contribution in [0.2, 0.25) is 0 Å². The molecule has 0 saturated carbocycles. The van der Waals surface area contributed by atoms with Crippen LogP contribution in [0.1, 0.15) is 22.8 Å². The van der Waals surface area contributed by atoms with Crippen molar-refractivity contribution in [3.05, 3.63) is 94.0 Å². The molecule has 3 aromatic rings. The van der Waals surface area contributed by atoms with Gasteiger partial charge in [-0.3, -0.25) is 19.7 Å². The Labute approximate surface area is 184 Å². The lowest BCUT2D eigenvalue weighted by molar-refractivity contribution is -0.384. The molecule has 0 aliphatic heterocycles. The molecule has 3 aromatic carbocycles.